The van der Waals surface area contributed by atoms with E-state index in [9.17, 15) is 14.4 Å². The molecule has 0 amide bonds. The van der Waals surface area contributed by atoms with Crippen molar-refractivity contribution in [3.63, 3.8) is 0 Å². The second-order valence-electron chi connectivity index (χ2n) is 8.19. The molecule has 0 radical (unpaired) electrons. The molecule has 0 unspecified atom stereocenters. The summed E-state index contributed by atoms with van der Waals surface area (Å²) >= 11 is 0. The van der Waals surface area contributed by atoms with Gasteiger partial charge < -0.3 is 20.4 Å². The van der Waals surface area contributed by atoms with E-state index in [2.05, 4.69) is 20.8 Å². The molecule has 0 atom stereocenters. The Kier molecular flexibility index (Phi) is 40.8. The average molecular weight is 493 g/mol. The second kappa shape index (κ2) is 35.5. The van der Waals surface area contributed by atoms with Gasteiger partial charge in [-0.1, -0.05) is 97.8 Å². The predicted molar refractivity (Wildman–Crippen MR) is 136 cm³/mol. The highest BCUT2D eigenvalue weighted by Crippen LogP contribution is 2.05. The molecule has 0 rings (SSSR count). The summed E-state index contributed by atoms with van der Waals surface area (Å²) in [6.07, 6.45) is 17.7. The van der Waals surface area contributed by atoms with E-state index in [-0.39, 0.29) is 0 Å². The molecule has 34 heavy (non-hydrogen) atoms. The molecule has 0 aromatic carbocycles. The third-order valence-electron chi connectivity index (χ3n) is 4.48. The number of hydrogen-bond acceptors (Lipinski definition) is 4. The van der Waals surface area contributed by atoms with Crippen LogP contribution >= 0.6 is 0 Å². The van der Waals surface area contributed by atoms with Gasteiger partial charge in [0.1, 0.15) is 0 Å². The quantitative estimate of drug-likeness (QED) is 0.145. The van der Waals surface area contributed by atoms with E-state index in [0.717, 1.165) is 45.4 Å². The minimum Gasteiger partial charge on any atom is -0.481 e. The van der Waals surface area contributed by atoms with Gasteiger partial charge >= 0.3 is 17.9 Å². The van der Waals surface area contributed by atoms with Gasteiger partial charge in [-0.2, -0.15) is 0 Å². The Hall–Kier alpha value is -2.12. The fourth-order valence-corrected chi connectivity index (χ4v) is 2.64. The zero-order valence-corrected chi connectivity index (χ0v) is 22.1. The molecule has 0 heterocycles. The van der Waals surface area contributed by atoms with E-state index in [0.29, 0.717) is 19.3 Å². The van der Waals surface area contributed by atoms with Gasteiger partial charge in [0.15, 0.2) is 0 Å². The molecule has 0 fully saturated rings. The largest absolute Gasteiger partial charge is 0.481 e. The number of carboxylic acid groups (broad SMARTS) is 4. The Morgan fingerprint density at radius 2 is 0.588 bits per heavy atom. The zero-order chi connectivity index (χ0) is 27.0. The molecule has 4 N–H and O–H groups in total. The van der Waals surface area contributed by atoms with Gasteiger partial charge in [0.05, 0.1) is 0 Å². The third kappa shape index (κ3) is 69.9. The van der Waals surface area contributed by atoms with Crippen LogP contribution in [0.4, 0.5) is 0 Å². The third-order valence-corrected chi connectivity index (χ3v) is 4.48. The van der Waals surface area contributed by atoms with Crippen LogP contribution in [0.15, 0.2) is 0 Å². The minimum atomic E-state index is -0.833. The Morgan fingerprint density at radius 3 is 0.735 bits per heavy atom. The van der Waals surface area contributed by atoms with Crippen LogP contribution in [0.3, 0.4) is 0 Å². The van der Waals surface area contributed by atoms with E-state index in [1.807, 2.05) is 0 Å². The average Bonchev–Trinajstić information content (AvgIpc) is 2.73. The number of aliphatic carboxylic acids is 4. The van der Waals surface area contributed by atoms with Crippen molar-refractivity contribution in [1.82, 2.24) is 0 Å². The fraction of sp³-hybridized carbons (Fsp3) is 0.846. The first kappa shape index (κ1) is 39.1. The first-order valence-corrected chi connectivity index (χ1v) is 12.9. The van der Waals surface area contributed by atoms with Crippen LogP contribution in [0.2, 0.25) is 0 Å². The van der Waals surface area contributed by atoms with Crippen LogP contribution in [0, 0.1) is 0 Å². The molecule has 0 aliphatic rings. The molecule has 204 valence electrons. The molecule has 8 heteroatoms. The van der Waals surface area contributed by atoms with Crippen molar-refractivity contribution in [2.45, 2.75) is 143 Å². The van der Waals surface area contributed by atoms with Crippen LogP contribution in [0.5, 0.6) is 0 Å². The lowest BCUT2D eigenvalue weighted by atomic mass is 10.1. The zero-order valence-electron chi connectivity index (χ0n) is 22.1. The summed E-state index contributed by atoms with van der Waals surface area (Å²) in [5.74, 6) is -2.84. The van der Waals surface area contributed by atoms with Crippen molar-refractivity contribution in [3.05, 3.63) is 0 Å². The predicted octanol–water partition coefficient (Wildman–Crippen LogP) is 7.39. The summed E-state index contributed by atoms with van der Waals surface area (Å²) in [7, 11) is 0. The molecular weight excluding hydrogens is 440 g/mol. The number of hydrogen-bond donors (Lipinski definition) is 4. The molecule has 0 aromatic rings. The summed E-state index contributed by atoms with van der Waals surface area (Å²) < 4.78 is 0. The van der Waals surface area contributed by atoms with Gasteiger partial charge in [0.2, 0.25) is 0 Å². The fourth-order valence-electron chi connectivity index (χ4n) is 2.64. The van der Waals surface area contributed by atoms with Crippen LogP contribution < -0.4 is 0 Å². The molecule has 0 bridgehead atoms. The molecule has 0 aromatic heterocycles. The first-order valence-electron chi connectivity index (χ1n) is 12.9. The van der Waals surface area contributed by atoms with Gasteiger partial charge in [0, 0.05) is 26.2 Å². The molecule has 8 nitrogen and oxygen atoms in total. The second-order valence-corrected chi connectivity index (χ2v) is 8.19. The van der Waals surface area contributed by atoms with Crippen molar-refractivity contribution in [3.8, 4) is 0 Å². The van der Waals surface area contributed by atoms with Crippen molar-refractivity contribution < 1.29 is 39.6 Å². The lowest BCUT2D eigenvalue weighted by Crippen LogP contribution is -1.93. The van der Waals surface area contributed by atoms with Gasteiger partial charge in [-0.05, 0) is 19.3 Å². The van der Waals surface area contributed by atoms with E-state index in [1.165, 1.54) is 57.8 Å². The van der Waals surface area contributed by atoms with Crippen LogP contribution in [-0.2, 0) is 19.2 Å². The summed E-state index contributed by atoms with van der Waals surface area (Å²) in [5.41, 5.74) is 0. The molecular formula is C26H52O8. The van der Waals surface area contributed by atoms with Crippen molar-refractivity contribution in [1.29, 1.82) is 0 Å². The molecule has 0 saturated carbocycles. The Morgan fingerprint density at radius 1 is 0.412 bits per heavy atom. The lowest BCUT2D eigenvalue weighted by molar-refractivity contribution is -0.138. The van der Waals surface area contributed by atoms with E-state index in [1.54, 1.807) is 0 Å². The van der Waals surface area contributed by atoms with E-state index in [4.69, 9.17) is 25.2 Å². The highest BCUT2D eigenvalue weighted by molar-refractivity contribution is 5.67. The Balaban J connectivity index is -0.000000184. The molecule has 0 spiro atoms. The van der Waals surface area contributed by atoms with Gasteiger partial charge in [-0.25, -0.2) is 0 Å². The topological polar surface area (TPSA) is 149 Å². The van der Waals surface area contributed by atoms with Gasteiger partial charge in [-0.15, -0.1) is 0 Å². The van der Waals surface area contributed by atoms with E-state index >= 15 is 0 Å². The molecule has 0 aliphatic carbocycles. The monoisotopic (exact) mass is 492 g/mol. The highest BCUT2D eigenvalue weighted by atomic mass is 16.4. The highest BCUT2D eigenvalue weighted by Gasteiger charge is 1.96. The SMILES string of the molecule is CC(=O)O.CCCCCCCC(=O)O.CCCCCCCC(=O)O.CCCCCCCC(=O)O. The lowest BCUT2D eigenvalue weighted by Gasteiger charge is -1.95. The number of carboxylic acids is 4. The Labute approximate surface area is 207 Å². The summed E-state index contributed by atoms with van der Waals surface area (Å²) in [6, 6.07) is 0. The molecule has 0 saturated heterocycles. The van der Waals surface area contributed by atoms with Gasteiger partial charge in [-0.3, -0.25) is 19.2 Å². The summed E-state index contributed by atoms with van der Waals surface area (Å²) in [5, 5.41) is 32.2. The first-order chi connectivity index (χ1) is 16.0. The maximum absolute atomic E-state index is 10.0. The molecule has 0 aliphatic heterocycles. The normalized spacial score (nSPS) is 9.29. The maximum Gasteiger partial charge on any atom is 0.303 e. The van der Waals surface area contributed by atoms with E-state index < -0.39 is 23.9 Å². The Bertz CT molecular complexity index is 403. The van der Waals surface area contributed by atoms with Crippen molar-refractivity contribution in [2.24, 2.45) is 0 Å². The maximum atomic E-state index is 10.0. The van der Waals surface area contributed by atoms with Gasteiger partial charge in [0.25, 0.3) is 5.97 Å². The minimum absolute atomic E-state index is 0.337. The number of rotatable bonds is 18. The number of unbranched alkanes of at least 4 members (excludes halogenated alkanes) is 12. The summed E-state index contributed by atoms with van der Waals surface area (Å²) in [4.78, 5) is 39.1. The smallest absolute Gasteiger partial charge is 0.303 e. The van der Waals surface area contributed by atoms with Crippen LogP contribution in [0.1, 0.15) is 143 Å². The number of carbonyl (C=O) groups is 4. The van der Waals surface area contributed by atoms with Crippen LogP contribution in [0.25, 0.3) is 0 Å². The standard InChI is InChI=1S/3C8H16O2.C2H4O2/c3*1-2-3-4-5-6-7-8(9)10;1-2(3)4/h3*2-7H2,1H3,(H,9,10);1H3,(H,3,4). The summed E-state index contributed by atoms with van der Waals surface area (Å²) in [6.45, 7) is 7.53. The van der Waals surface area contributed by atoms with Crippen molar-refractivity contribution >= 4 is 23.9 Å². The van der Waals surface area contributed by atoms with Crippen LogP contribution in [-0.4, -0.2) is 44.3 Å². The van der Waals surface area contributed by atoms with Crippen molar-refractivity contribution in [2.75, 3.05) is 0 Å².